The Morgan fingerprint density at radius 2 is 1.88 bits per heavy atom. The maximum absolute atomic E-state index is 13.1. The van der Waals surface area contributed by atoms with Crippen LogP contribution in [0.25, 0.3) is 0 Å². The molecule has 2 atom stereocenters. The highest BCUT2D eigenvalue weighted by Crippen LogP contribution is 2.33. The lowest BCUT2D eigenvalue weighted by molar-refractivity contribution is -0.139. The SMILES string of the molecule is COc1ccc(S(=O)(=O)N2C[C@H]3CCCN3C(=O)[C@@H]2C)cc1OC. The number of piperazine rings is 1. The minimum Gasteiger partial charge on any atom is -0.493 e. The van der Waals surface area contributed by atoms with Crippen LogP contribution in [-0.4, -0.2) is 62.9 Å². The fourth-order valence-corrected chi connectivity index (χ4v) is 5.10. The Bertz CT molecular complexity index is 749. The molecule has 132 valence electrons. The highest BCUT2D eigenvalue weighted by Gasteiger charge is 2.45. The molecule has 0 spiro atoms. The van der Waals surface area contributed by atoms with Gasteiger partial charge in [0, 0.05) is 25.2 Å². The van der Waals surface area contributed by atoms with Gasteiger partial charge in [0.15, 0.2) is 11.5 Å². The molecule has 8 heteroatoms. The number of rotatable bonds is 4. The molecule has 2 fully saturated rings. The van der Waals surface area contributed by atoms with E-state index in [1.807, 2.05) is 4.90 Å². The summed E-state index contributed by atoms with van der Waals surface area (Å²) in [5.41, 5.74) is 0. The minimum absolute atomic E-state index is 0.0244. The lowest BCUT2D eigenvalue weighted by Crippen LogP contribution is -2.59. The van der Waals surface area contributed by atoms with E-state index in [1.165, 1.54) is 30.7 Å². The van der Waals surface area contributed by atoms with Crippen molar-refractivity contribution < 1.29 is 22.7 Å². The summed E-state index contributed by atoms with van der Waals surface area (Å²) in [5.74, 6) is 0.686. The second-order valence-corrected chi connectivity index (χ2v) is 7.99. The van der Waals surface area contributed by atoms with Gasteiger partial charge in [-0.1, -0.05) is 0 Å². The Hall–Kier alpha value is -1.80. The zero-order valence-electron chi connectivity index (χ0n) is 14.1. The first-order chi connectivity index (χ1) is 11.4. The quantitative estimate of drug-likeness (QED) is 0.809. The summed E-state index contributed by atoms with van der Waals surface area (Å²) in [5, 5.41) is 0. The number of amides is 1. The van der Waals surface area contributed by atoms with Crippen LogP contribution in [-0.2, 0) is 14.8 Å². The predicted octanol–water partition coefficient (Wildman–Crippen LogP) is 1.09. The van der Waals surface area contributed by atoms with Gasteiger partial charge in [-0.05, 0) is 31.9 Å². The lowest BCUT2D eigenvalue weighted by atomic mass is 10.1. The third kappa shape index (κ3) is 2.63. The van der Waals surface area contributed by atoms with Crippen molar-refractivity contribution in [3.05, 3.63) is 18.2 Å². The molecule has 0 bridgehead atoms. The topological polar surface area (TPSA) is 76.2 Å². The van der Waals surface area contributed by atoms with Crippen LogP contribution < -0.4 is 9.47 Å². The normalized spacial score (nSPS) is 24.8. The molecule has 0 aromatic heterocycles. The van der Waals surface area contributed by atoms with E-state index in [9.17, 15) is 13.2 Å². The number of ether oxygens (including phenoxy) is 2. The van der Waals surface area contributed by atoms with Crippen molar-refractivity contribution in [3.63, 3.8) is 0 Å². The lowest BCUT2D eigenvalue weighted by Gasteiger charge is -2.40. The number of benzene rings is 1. The summed E-state index contributed by atoms with van der Waals surface area (Å²) in [6, 6.07) is 3.76. The standard InChI is InChI=1S/C16H22N2O5S/c1-11-16(19)17-8-4-5-12(17)10-18(11)24(20,21)13-6-7-14(22-2)15(9-13)23-3/h6-7,9,11-12H,4-5,8,10H2,1-3H3/t11-,12+/m0/s1. The van der Waals surface area contributed by atoms with Crippen LogP contribution in [0.3, 0.4) is 0 Å². The molecule has 0 unspecified atom stereocenters. The first kappa shape index (κ1) is 17.0. The van der Waals surface area contributed by atoms with Crippen molar-refractivity contribution in [1.82, 2.24) is 9.21 Å². The van der Waals surface area contributed by atoms with E-state index in [0.29, 0.717) is 18.0 Å². The first-order valence-corrected chi connectivity index (χ1v) is 9.38. The van der Waals surface area contributed by atoms with Gasteiger partial charge in [-0.2, -0.15) is 4.31 Å². The highest BCUT2D eigenvalue weighted by molar-refractivity contribution is 7.89. The van der Waals surface area contributed by atoms with Gasteiger partial charge in [-0.25, -0.2) is 8.42 Å². The number of methoxy groups -OCH3 is 2. The van der Waals surface area contributed by atoms with Crippen molar-refractivity contribution in [2.75, 3.05) is 27.3 Å². The van der Waals surface area contributed by atoms with Crippen LogP contribution >= 0.6 is 0 Å². The molecule has 0 aliphatic carbocycles. The van der Waals surface area contributed by atoms with Gasteiger partial charge >= 0.3 is 0 Å². The average Bonchev–Trinajstić information content (AvgIpc) is 3.06. The van der Waals surface area contributed by atoms with Gasteiger partial charge in [0.05, 0.1) is 19.1 Å². The highest BCUT2D eigenvalue weighted by atomic mass is 32.2. The van der Waals surface area contributed by atoms with E-state index in [4.69, 9.17) is 9.47 Å². The fraction of sp³-hybridized carbons (Fsp3) is 0.562. The summed E-state index contributed by atoms with van der Waals surface area (Å²) in [6.07, 6.45) is 1.77. The Morgan fingerprint density at radius 3 is 2.54 bits per heavy atom. The van der Waals surface area contributed by atoms with Crippen LogP contribution in [0.2, 0.25) is 0 Å². The minimum atomic E-state index is -3.79. The number of hydrogen-bond donors (Lipinski definition) is 0. The van der Waals surface area contributed by atoms with Crippen molar-refractivity contribution in [1.29, 1.82) is 0 Å². The van der Waals surface area contributed by atoms with E-state index in [0.717, 1.165) is 19.4 Å². The third-order valence-corrected chi connectivity index (χ3v) is 6.73. The van der Waals surface area contributed by atoms with Crippen molar-refractivity contribution in [2.45, 2.75) is 36.7 Å². The summed E-state index contributed by atoms with van der Waals surface area (Å²) in [4.78, 5) is 14.4. The van der Waals surface area contributed by atoms with E-state index in [2.05, 4.69) is 0 Å². The zero-order chi connectivity index (χ0) is 17.5. The number of carbonyl (C=O) groups excluding carboxylic acids is 1. The molecule has 7 nitrogen and oxygen atoms in total. The molecule has 1 aromatic rings. The average molecular weight is 354 g/mol. The molecule has 2 heterocycles. The van der Waals surface area contributed by atoms with E-state index >= 15 is 0 Å². The molecule has 3 rings (SSSR count). The second kappa shape index (κ2) is 6.25. The maximum atomic E-state index is 13.1. The molecule has 2 aliphatic heterocycles. The summed E-state index contributed by atoms with van der Waals surface area (Å²) in [7, 11) is -0.842. The van der Waals surface area contributed by atoms with Gasteiger partial charge < -0.3 is 14.4 Å². The molecule has 0 N–H and O–H groups in total. The van der Waals surface area contributed by atoms with Crippen molar-refractivity contribution in [2.24, 2.45) is 0 Å². The van der Waals surface area contributed by atoms with Crippen LogP contribution in [0, 0.1) is 0 Å². The van der Waals surface area contributed by atoms with Crippen molar-refractivity contribution in [3.8, 4) is 11.5 Å². The van der Waals surface area contributed by atoms with Gasteiger partial charge in [0.25, 0.3) is 0 Å². The van der Waals surface area contributed by atoms with E-state index in [1.54, 1.807) is 13.0 Å². The number of sulfonamides is 1. The third-order valence-electron chi connectivity index (χ3n) is 4.80. The molecule has 24 heavy (non-hydrogen) atoms. The molecule has 2 saturated heterocycles. The van der Waals surface area contributed by atoms with Gasteiger partial charge in [-0.3, -0.25) is 4.79 Å². The van der Waals surface area contributed by atoms with Gasteiger partial charge in [0.2, 0.25) is 15.9 Å². The largest absolute Gasteiger partial charge is 0.493 e. The van der Waals surface area contributed by atoms with E-state index < -0.39 is 16.1 Å². The summed E-state index contributed by atoms with van der Waals surface area (Å²) in [6.45, 7) is 2.71. The Kier molecular flexibility index (Phi) is 4.44. The smallest absolute Gasteiger partial charge is 0.244 e. The molecule has 1 amide bonds. The number of carbonyl (C=O) groups is 1. The summed E-state index contributed by atoms with van der Waals surface area (Å²) < 4.78 is 37.8. The van der Waals surface area contributed by atoms with Crippen LogP contribution in [0.4, 0.5) is 0 Å². The number of hydrogen-bond acceptors (Lipinski definition) is 5. The van der Waals surface area contributed by atoms with Crippen molar-refractivity contribution >= 4 is 15.9 Å². The molecule has 1 aromatic carbocycles. The fourth-order valence-electron chi connectivity index (χ4n) is 3.46. The Morgan fingerprint density at radius 1 is 1.17 bits per heavy atom. The predicted molar refractivity (Wildman–Crippen MR) is 87.6 cm³/mol. The zero-order valence-corrected chi connectivity index (χ0v) is 14.9. The number of nitrogens with zero attached hydrogens (tertiary/aromatic N) is 2. The van der Waals surface area contributed by atoms with Crippen LogP contribution in [0.1, 0.15) is 19.8 Å². The Balaban J connectivity index is 1.96. The summed E-state index contributed by atoms with van der Waals surface area (Å²) >= 11 is 0. The van der Waals surface area contributed by atoms with Crippen LogP contribution in [0.15, 0.2) is 23.1 Å². The monoisotopic (exact) mass is 354 g/mol. The Labute approximate surface area is 142 Å². The van der Waals surface area contributed by atoms with Gasteiger partial charge in [0.1, 0.15) is 6.04 Å². The molecular formula is C16H22N2O5S. The van der Waals surface area contributed by atoms with E-state index in [-0.39, 0.29) is 16.8 Å². The first-order valence-electron chi connectivity index (χ1n) is 7.94. The molecule has 0 saturated carbocycles. The maximum Gasteiger partial charge on any atom is 0.244 e. The molecule has 2 aliphatic rings. The molecule has 0 radical (unpaired) electrons. The van der Waals surface area contributed by atoms with Crippen LogP contribution in [0.5, 0.6) is 11.5 Å². The molecular weight excluding hydrogens is 332 g/mol. The number of fused-ring (bicyclic) bond motifs is 1. The van der Waals surface area contributed by atoms with Gasteiger partial charge in [-0.15, -0.1) is 0 Å². The second-order valence-electron chi connectivity index (χ2n) is 6.10.